The Bertz CT molecular complexity index is 515. The number of benzene rings is 1. The van der Waals surface area contributed by atoms with E-state index in [1.807, 2.05) is 6.07 Å². The van der Waals surface area contributed by atoms with E-state index in [4.69, 9.17) is 9.84 Å². The van der Waals surface area contributed by atoms with Gasteiger partial charge in [0.2, 0.25) is 5.91 Å². The molecule has 0 unspecified atom stereocenters. The van der Waals surface area contributed by atoms with Crippen LogP contribution in [-0.2, 0) is 20.9 Å². The van der Waals surface area contributed by atoms with Gasteiger partial charge in [0.15, 0.2) is 0 Å². The molecule has 0 heterocycles. The molecule has 0 bridgehead atoms. The number of carbonyl (C=O) groups excluding carboxylic acids is 2. The van der Waals surface area contributed by atoms with E-state index in [0.717, 1.165) is 11.6 Å². The number of carboxylic acids is 1. The van der Waals surface area contributed by atoms with Gasteiger partial charge in [-0.1, -0.05) is 36.9 Å². The van der Waals surface area contributed by atoms with Crippen LogP contribution in [0, 0.1) is 0 Å². The Hall–Kier alpha value is -2.83. The molecule has 0 fully saturated rings. The summed E-state index contributed by atoms with van der Waals surface area (Å²) >= 11 is 0. The van der Waals surface area contributed by atoms with Crippen LogP contribution in [0.1, 0.15) is 5.56 Å². The van der Waals surface area contributed by atoms with E-state index in [9.17, 15) is 14.4 Å². The third-order valence-electron chi connectivity index (χ3n) is 2.47. The van der Waals surface area contributed by atoms with Gasteiger partial charge < -0.3 is 20.5 Å². The first-order valence-corrected chi connectivity index (χ1v) is 6.13. The molecular formula is C14H16N2O5. The number of carbonyl (C=O) groups is 3. The number of hydrogen-bond acceptors (Lipinski definition) is 4. The lowest BCUT2D eigenvalue weighted by molar-refractivity contribution is -0.139. The molecule has 0 saturated carbocycles. The quantitative estimate of drug-likeness (QED) is 0.641. The van der Waals surface area contributed by atoms with Crippen molar-refractivity contribution in [3.8, 4) is 0 Å². The lowest BCUT2D eigenvalue weighted by Crippen LogP contribution is -2.48. The monoisotopic (exact) mass is 292 g/mol. The van der Waals surface area contributed by atoms with Crippen LogP contribution in [0.5, 0.6) is 0 Å². The Labute approximate surface area is 121 Å². The summed E-state index contributed by atoms with van der Waals surface area (Å²) in [4.78, 5) is 33.4. The van der Waals surface area contributed by atoms with Crippen molar-refractivity contribution < 1.29 is 24.2 Å². The molecule has 1 aromatic carbocycles. The highest BCUT2D eigenvalue weighted by molar-refractivity contribution is 5.88. The lowest BCUT2D eigenvalue weighted by Gasteiger charge is -2.14. The second-order valence-electron chi connectivity index (χ2n) is 4.05. The van der Waals surface area contributed by atoms with E-state index in [1.165, 1.54) is 0 Å². The first kappa shape index (κ1) is 16.2. The molecule has 21 heavy (non-hydrogen) atoms. The van der Waals surface area contributed by atoms with Crippen molar-refractivity contribution in [2.75, 3.05) is 6.54 Å². The molecule has 1 atom stereocenters. The highest BCUT2D eigenvalue weighted by Gasteiger charge is 2.20. The summed E-state index contributed by atoms with van der Waals surface area (Å²) in [5, 5.41) is 13.4. The van der Waals surface area contributed by atoms with E-state index in [2.05, 4.69) is 17.2 Å². The average Bonchev–Trinajstić information content (AvgIpc) is 2.49. The highest BCUT2D eigenvalue weighted by Crippen LogP contribution is 2.00. The van der Waals surface area contributed by atoms with Crippen molar-refractivity contribution in [1.82, 2.24) is 10.6 Å². The Morgan fingerprint density at radius 2 is 1.95 bits per heavy atom. The van der Waals surface area contributed by atoms with Gasteiger partial charge in [-0.15, -0.1) is 0 Å². The van der Waals surface area contributed by atoms with Crippen molar-refractivity contribution >= 4 is 18.0 Å². The van der Waals surface area contributed by atoms with E-state index in [-0.39, 0.29) is 13.2 Å². The summed E-state index contributed by atoms with van der Waals surface area (Å²) in [7, 11) is 0. The number of alkyl carbamates (subject to hydrolysis) is 1. The number of rotatable bonds is 7. The third-order valence-corrected chi connectivity index (χ3v) is 2.47. The van der Waals surface area contributed by atoms with Gasteiger partial charge in [0.1, 0.15) is 12.6 Å². The van der Waals surface area contributed by atoms with Crippen LogP contribution in [0.25, 0.3) is 0 Å². The van der Waals surface area contributed by atoms with Gasteiger partial charge in [-0.3, -0.25) is 4.79 Å². The first-order chi connectivity index (χ1) is 10.0. The minimum atomic E-state index is -1.28. The van der Waals surface area contributed by atoms with Gasteiger partial charge >= 0.3 is 12.1 Å². The van der Waals surface area contributed by atoms with Crippen LogP contribution in [0.2, 0.25) is 0 Å². The van der Waals surface area contributed by atoms with Gasteiger partial charge in [-0.05, 0) is 11.6 Å². The maximum Gasteiger partial charge on any atom is 0.408 e. The molecule has 0 radical (unpaired) electrons. The average molecular weight is 292 g/mol. The largest absolute Gasteiger partial charge is 0.480 e. The normalized spacial score (nSPS) is 11.0. The Balaban J connectivity index is 2.43. The fraction of sp³-hybridized carbons (Fsp3) is 0.214. The smallest absolute Gasteiger partial charge is 0.408 e. The van der Waals surface area contributed by atoms with E-state index < -0.39 is 24.0 Å². The van der Waals surface area contributed by atoms with Gasteiger partial charge in [0.05, 0.1) is 0 Å². The van der Waals surface area contributed by atoms with Gasteiger partial charge in [0.25, 0.3) is 0 Å². The molecule has 0 aliphatic rings. The molecule has 112 valence electrons. The summed E-state index contributed by atoms with van der Waals surface area (Å²) in [5.41, 5.74) is 0.777. The molecule has 7 nitrogen and oxygen atoms in total. The Morgan fingerprint density at radius 1 is 1.29 bits per heavy atom. The van der Waals surface area contributed by atoms with E-state index >= 15 is 0 Å². The molecule has 3 N–H and O–H groups in total. The number of nitrogens with one attached hydrogen (secondary N) is 2. The number of amides is 2. The molecular weight excluding hydrogens is 276 g/mol. The highest BCUT2D eigenvalue weighted by atomic mass is 16.5. The number of hydrogen-bond donors (Lipinski definition) is 3. The van der Waals surface area contributed by atoms with Crippen LogP contribution in [-0.4, -0.2) is 35.7 Å². The van der Waals surface area contributed by atoms with Crippen LogP contribution in [0.15, 0.2) is 43.0 Å². The van der Waals surface area contributed by atoms with Gasteiger partial charge in [-0.2, -0.15) is 0 Å². The molecule has 1 aromatic rings. The van der Waals surface area contributed by atoms with Crippen LogP contribution in [0.4, 0.5) is 4.79 Å². The zero-order valence-corrected chi connectivity index (χ0v) is 11.2. The zero-order chi connectivity index (χ0) is 15.7. The Kier molecular flexibility index (Phi) is 6.46. The summed E-state index contributed by atoms with van der Waals surface area (Å²) in [6, 6.07) is 7.67. The molecule has 0 spiro atoms. The molecule has 0 aliphatic heterocycles. The maximum atomic E-state index is 11.5. The summed E-state index contributed by atoms with van der Waals surface area (Å²) in [6.07, 6.45) is 0.131. The fourth-order valence-corrected chi connectivity index (χ4v) is 1.38. The van der Waals surface area contributed by atoms with Gasteiger partial charge in [0, 0.05) is 6.54 Å². The number of ether oxygens (including phenoxy) is 1. The SMILES string of the molecule is C=CC(=O)NC[C@H](NC(=O)OCc1ccccc1)C(=O)O. The fourth-order valence-electron chi connectivity index (χ4n) is 1.38. The predicted molar refractivity (Wildman–Crippen MR) is 74.4 cm³/mol. The van der Waals surface area contributed by atoms with Crippen molar-refractivity contribution in [1.29, 1.82) is 0 Å². The lowest BCUT2D eigenvalue weighted by atomic mass is 10.2. The first-order valence-electron chi connectivity index (χ1n) is 6.13. The zero-order valence-electron chi connectivity index (χ0n) is 11.2. The van der Waals surface area contributed by atoms with Gasteiger partial charge in [-0.25, -0.2) is 9.59 Å². The second kappa shape index (κ2) is 8.36. The predicted octanol–water partition coefficient (Wildman–Crippen LogP) is 0.668. The molecule has 0 aliphatic carbocycles. The minimum absolute atomic E-state index is 0.0258. The Morgan fingerprint density at radius 3 is 2.52 bits per heavy atom. The number of carboxylic acid groups (broad SMARTS) is 1. The van der Waals surface area contributed by atoms with E-state index in [0.29, 0.717) is 0 Å². The standard InChI is InChI=1S/C14H16N2O5/c1-2-12(17)15-8-11(13(18)19)16-14(20)21-9-10-6-4-3-5-7-10/h2-7,11H,1,8-9H2,(H,15,17)(H,16,20)(H,18,19)/t11-/m0/s1. The molecule has 7 heteroatoms. The molecule has 1 rings (SSSR count). The van der Waals surface area contributed by atoms with Crippen LogP contribution in [0.3, 0.4) is 0 Å². The molecule has 0 aromatic heterocycles. The minimum Gasteiger partial charge on any atom is -0.480 e. The summed E-state index contributed by atoms with van der Waals surface area (Å²) in [6.45, 7) is 3.00. The van der Waals surface area contributed by atoms with E-state index in [1.54, 1.807) is 24.3 Å². The van der Waals surface area contributed by atoms with Crippen molar-refractivity contribution in [2.45, 2.75) is 12.6 Å². The topological polar surface area (TPSA) is 105 Å². The van der Waals surface area contributed by atoms with Crippen molar-refractivity contribution in [3.63, 3.8) is 0 Å². The number of aliphatic carboxylic acids is 1. The van der Waals surface area contributed by atoms with Crippen molar-refractivity contribution in [3.05, 3.63) is 48.6 Å². The summed E-state index contributed by atoms with van der Waals surface area (Å²) < 4.78 is 4.90. The van der Waals surface area contributed by atoms with Crippen molar-refractivity contribution in [2.24, 2.45) is 0 Å². The molecule has 2 amide bonds. The molecule has 0 saturated heterocycles. The second-order valence-corrected chi connectivity index (χ2v) is 4.05. The maximum absolute atomic E-state index is 11.5. The summed E-state index contributed by atoms with van der Waals surface area (Å²) in [5.74, 6) is -1.81. The third kappa shape index (κ3) is 6.24. The van der Waals surface area contributed by atoms with Crippen LogP contribution >= 0.6 is 0 Å². The van der Waals surface area contributed by atoms with Crippen LogP contribution < -0.4 is 10.6 Å².